The third kappa shape index (κ3) is 5.30. The first kappa shape index (κ1) is 31.8. The molecule has 2 saturated heterocycles. The fraction of sp³-hybridized carbons (Fsp3) is 0.562. The van der Waals surface area contributed by atoms with E-state index in [4.69, 9.17) is 24.7 Å². The number of aromatic hydroxyl groups is 3. The highest BCUT2D eigenvalue weighted by Crippen LogP contribution is 2.53. The van der Waals surface area contributed by atoms with Gasteiger partial charge in [0.05, 0.1) is 52.8 Å². The molecule has 2 fully saturated rings. The number of phenols is 3. The average molecular weight is 630 g/mol. The van der Waals surface area contributed by atoms with Gasteiger partial charge in [-0.15, -0.1) is 0 Å². The van der Waals surface area contributed by atoms with E-state index >= 15 is 0 Å². The van der Waals surface area contributed by atoms with Crippen molar-refractivity contribution in [3.63, 3.8) is 0 Å². The summed E-state index contributed by atoms with van der Waals surface area (Å²) in [6.45, 7) is 4.88. The van der Waals surface area contributed by atoms with Crippen LogP contribution in [0.1, 0.15) is 95.5 Å². The summed E-state index contributed by atoms with van der Waals surface area (Å²) in [5, 5.41) is 65.4. The van der Waals surface area contributed by atoms with Crippen molar-refractivity contribution in [1.82, 2.24) is 0 Å². The van der Waals surface area contributed by atoms with Crippen LogP contribution in [0, 0.1) is 0 Å². The van der Waals surface area contributed by atoms with Crippen molar-refractivity contribution in [3.05, 3.63) is 51.6 Å². The van der Waals surface area contributed by atoms with Gasteiger partial charge in [-0.1, -0.05) is 12.1 Å². The first-order chi connectivity index (χ1) is 21.2. The summed E-state index contributed by atoms with van der Waals surface area (Å²) in [5.74, 6) is -3.37. The van der Waals surface area contributed by atoms with Crippen molar-refractivity contribution in [3.8, 4) is 17.2 Å². The number of aliphatic hydroxyl groups is 3. The van der Waals surface area contributed by atoms with E-state index in [1.54, 1.807) is 13.8 Å². The molecular formula is C32H39NO12. The predicted molar refractivity (Wildman–Crippen MR) is 155 cm³/mol. The number of nitrogens with two attached hydrogens (primary N) is 1. The first-order valence-electron chi connectivity index (χ1n) is 15.2. The summed E-state index contributed by atoms with van der Waals surface area (Å²) in [6, 6.07) is 3.37. The van der Waals surface area contributed by atoms with E-state index in [1.165, 1.54) is 25.1 Å². The quantitative estimate of drug-likeness (QED) is 0.199. The smallest absolute Gasteiger partial charge is 0.202 e. The van der Waals surface area contributed by atoms with E-state index in [0.717, 1.165) is 0 Å². The van der Waals surface area contributed by atoms with Crippen LogP contribution in [0.5, 0.6) is 17.2 Å². The highest BCUT2D eigenvalue weighted by molar-refractivity contribution is 6.31. The number of hydrogen-bond acceptors (Lipinski definition) is 13. The minimum absolute atomic E-state index is 0.0389. The second-order valence-electron chi connectivity index (χ2n) is 12.7. The lowest BCUT2D eigenvalue weighted by Gasteiger charge is -2.45. The zero-order valence-electron chi connectivity index (χ0n) is 25.2. The van der Waals surface area contributed by atoms with Gasteiger partial charge >= 0.3 is 0 Å². The molecule has 2 aliphatic carbocycles. The molecular weight excluding hydrogens is 590 g/mol. The predicted octanol–water partition coefficient (Wildman–Crippen LogP) is 1.43. The van der Waals surface area contributed by atoms with Crippen LogP contribution >= 0.6 is 0 Å². The molecule has 8 N–H and O–H groups in total. The highest BCUT2D eigenvalue weighted by atomic mass is 16.7. The third-order valence-corrected chi connectivity index (χ3v) is 9.63. The van der Waals surface area contributed by atoms with Crippen molar-refractivity contribution in [2.45, 2.75) is 114 Å². The van der Waals surface area contributed by atoms with Crippen LogP contribution in [-0.2, 0) is 25.4 Å². The van der Waals surface area contributed by atoms with Crippen LogP contribution in [0.2, 0.25) is 0 Å². The lowest BCUT2D eigenvalue weighted by molar-refractivity contribution is -0.294. The molecule has 0 saturated carbocycles. The molecule has 1 unspecified atom stereocenters. The number of carbonyl (C=O) groups is 2. The van der Waals surface area contributed by atoms with Crippen LogP contribution in [0.25, 0.3) is 0 Å². The number of carbonyl (C=O) groups excluding carboxylic acids is 2. The molecule has 244 valence electrons. The molecule has 2 aromatic rings. The molecule has 13 heteroatoms. The largest absolute Gasteiger partial charge is 0.507 e. The Bertz CT molecular complexity index is 1510. The Labute approximate surface area is 259 Å². The fourth-order valence-corrected chi connectivity index (χ4v) is 7.00. The second-order valence-corrected chi connectivity index (χ2v) is 12.7. The van der Waals surface area contributed by atoms with E-state index in [1.807, 2.05) is 0 Å². The average Bonchev–Trinajstić information content (AvgIpc) is 2.97. The Morgan fingerprint density at radius 3 is 2.31 bits per heavy atom. The minimum atomic E-state index is -1.85. The van der Waals surface area contributed by atoms with Crippen LogP contribution in [0.4, 0.5) is 0 Å². The summed E-state index contributed by atoms with van der Waals surface area (Å²) in [6.07, 6.45) is -5.74. The summed E-state index contributed by atoms with van der Waals surface area (Å²) in [5.41, 5.74) is 3.17. The van der Waals surface area contributed by atoms with Gasteiger partial charge in [-0.25, -0.2) is 0 Å². The number of ketones is 2. The lowest BCUT2D eigenvalue weighted by atomic mass is 9.71. The Balaban J connectivity index is 1.32. The Hall–Kier alpha value is -3.14. The minimum Gasteiger partial charge on any atom is -0.507 e. The zero-order chi connectivity index (χ0) is 32.5. The molecule has 4 aliphatic rings. The number of rotatable bonds is 5. The Morgan fingerprint density at radius 2 is 1.64 bits per heavy atom. The molecule has 0 bridgehead atoms. The first-order valence-corrected chi connectivity index (χ1v) is 15.2. The van der Waals surface area contributed by atoms with Crippen molar-refractivity contribution < 1.29 is 59.2 Å². The number of benzene rings is 2. The maximum absolute atomic E-state index is 13.6. The van der Waals surface area contributed by atoms with Gasteiger partial charge in [0, 0.05) is 48.4 Å². The van der Waals surface area contributed by atoms with Gasteiger partial charge in [-0.3, -0.25) is 9.59 Å². The molecule has 0 aromatic heterocycles. The zero-order valence-corrected chi connectivity index (χ0v) is 25.2. The molecule has 0 spiro atoms. The van der Waals surface area contributed by atoms with E-state index in [9.17, 15) is 40.2 Å². The summed E-state index contributed by atoms with van der Waals surface area (Å²) in [7, 11) is 0. The number of phenolic OH excluding ortho intramolecular Hbond substituents is 3. The van der Waals surface area contributed by atoms with Gasteiger partial charge in [0.2, 0.25) is 5.78 Å². The van der Waals surface area contributed by atoms with Gasteiger partial charge in [-0.05, 0) is 33.3 Å². The van der Waals surface area contributed by atoms with Gasteiger partial charge < -0.3 is 55.3 Å². The van der Waals surface area contributed by atoms with Gasteiger partial charge in [0.25, 0.3) is 0 Å². The topological polar surface area (TPSA) is 218 Å². The summed E-state index contributed by atoms with van der Waals surface area (Å²) < 4.78 is 24.3. The SMILES string of the molecule is CC(O)[C@]1(O)Cc2c(O)c3c(c(O)c2[C@@H](O[C@H]2C[C@H](N)[C@H](O[C@H]4CC[C@H](O)[C@H](C)O4)[C@H](C)O2)C1)C(=O)c1c(O)cccc1C3=O. The Kier molecular flexibility index (Phi) is 8.19. The molecule has 13 nitrogen and oxygen atoms in total. The van der Waals surface area contributed by atoms with Crippen molar-refractivity contribution in [2.24, 2.45) is 5.73 Å². The molecule has 0 amide bonds. The fourth-order valence-electron chi connectivity index (χ4n) is 7.00. The van der Waals surface area contributed by atoms with Crippen molar-refractivity contribution in [1.29, 1.82) is 0 Å². The molecule has 6 rings (SSSR count). The second kappa shape index (κ2) is 11.6. The standard InChI is InChI=1S/C32H39NO12/c1-12-18(35)7-8-21(42-12)45-31-13(2)43-22(9-17(31)33)44-20-11-32(41,14(3)34)10-16-24(20)30(40)26-25(28(16)38)27(37)15-5-4-6-19(36)23(15)29(26)39/h4-6,12-14,17-18,20-22,31,34-36,38,40-41H,7-11,33H2,1-3H3/t12-,13-,14?,17-,18-,20-,21-,22-,31+,32-/m0/s1. The highest BCUT2D eigenvalue weighted by Gasteiger charge is 2.49. The molecule has 0 radical (unpaired) electrons. The maximum atomic E-state index is 13.6. The monoisotopic (exact) mass is 629 g/mol. The van der Waals surface area contributed by atoms with Gasteiger partial charge in [0.1, 0.15) is 23.4 Å². The number of aliphatic hydroxyl groups excluding tert-OH is 2. The number of hydrogen-bond donors (Lipinski definition) is 7. The van der Waals surface area contributed by atoms with E-state index < -0.39 is 101 Å². The van der Waals surface area contributed by atoms with Crippen molar-refractivity contribution in [2.75, 3.05) is 0 Å². The van der Waals surface area contributed by atoms with Crippen LogP contribution < -0.4 is 5.73 Å². The summed E-state index contributed by atoms with van der Waals surface area (Å²) >= 11 is 0. The van der Waals surface area contributed by atoms with Crippen LogP contribution in [0.15, 0.2) is 18.2 Å². The van der Waals surface area contributed by atoms with E-state index in [0.29, 0.717) is 12.8 Å². The normalized spacial score (nSPS) is 35.4. The molecule has 2 aromatic carbocycles. The Morgan fingerprint density at radius 1 is 0.956 bits per heavy atom. The summed E-state index contributed by atoms with van der Waals surface area (Å²) in [4.78, 5) is 27.1. The van der Waals surface area contributed by atoms with Gasteiger partial charge in [-0.2, -0.15) is 0 Å². The maximum Gasteiger partial charge on any atom is 0.202 e. The van der Waals surface area contributed by atoms with Gasteiger partial charge in [0.15, 0.2) is 18.4 Å². The number of ether oxygens (including phenoxy) is 4. The lowest BCUT2D eigenvalue weighted by Crippen LogP contribution is -2.55. The molecule has 2 heterocycles. The van der Waals surface area contributed by atoms with E-state index in [2.05, 4.69) is 0 Å². The van der Waals surface area contributed by atoms with E-state index in [-0.39, 0.29) is 41.5 Å². The van der Waals surface area contributed by atoms with Crippen LogP contribution in [-0.4, -0.2) is 96.9 Å². The molecule has 10 atom stereocenters. The number of fused-ring (bicyclic) bond motifs is 3. The molecule has 2 aliphatic heterocycles. The van der Waals surface area contributed by atoms with Crippen molar-refractivity contribution >= 4 is 11.6 Å². The third-order valence-electron chi connectivity index (χ3n) is 9.63. The molecule has 45 heavy (non-hydrogen) atoms. The van der Waals surface area contributed by atoms with Crippen LogP contribution in [0.3, 0.4) is 0 Å².